The fraction of sp³-hybridized carbons (Fsp3) is 0. The van der Waals surface area contributed by atoms with Gasteiger partial charge in [-0.1, -0.05) is 48.5 Å². The molecule has 0 bridgehead atoms. The predicted octanol–water partition coefficient (Wildman–Crippen LogP) is 2.59. The molecule has 0 radical (unpaired) electrons. The minimum Gasteiger partial charge on any atom is -0.307 e. The van der Waals surface area contributed by atoms with Gasteiger partial charge in [-0.2, -0.15) is 4.98 Å². The number of para-hydroxylation sites is 1. The topological polar surface area (TPSA) is 87.7 Å². The van der Waals surface area contributed by atoms with Gasteiger partial charge in [0.25, 0.3) is 0 Å². The number of hydrogen-bond acceptors (Lipinski definition) is 3. The van der Waals surface area contributed by atoms with Crippen molar-refractivity contribution in [2.24, 2.45) is 4.76 Å². The zero-order valence-corrected chi connectivity index (χ0v) is 13.0. The van der Waals surface area contributed by atoms with Crippen LogP contribution in [0.1, 0.15) is 0 Å². The minimum absolute atomic E-state index is 0.0380. The molecule has 1 aromatic heterocycles. The number of nitrogens with zero attached hydrogens (tertiary/aromatic N) is 3. The van der Waals surface area contributed by atoms with Crippen LogP contribution in [0.15, 0.2) is 65.4 Å². The minimum atomic E-state index is -4.52. The van der Waals surface area contributed by atoms with Crippen LogP contribution in [0, 0.1) is 0 Å². The van der Waals surface area contributed by atoms with Crippen LogP contribution in [0.3, 0.4) is 0 Å². The van der Waals surface area contributed by atoms with E-state index < -0.39 is 7.75 Å². The maximum absolute atomic E-state index is 11.1. The molecule has 3 aromatic rings. The van der Waals surface area contributed by atoms with Crippen molar-refractivity contribution in [3.05, 3.63) is 65.5 Å². The average Bonchev–Trinajstić information content (AvgIpc) is 2.91. The lowest BCUT2D eigenvalue weighted by atomic mass is 10.2. The van der Waals surface area contributed by atoms with Crippen LogP contribution in [-0.4, -0.2) is 18.7 Å². The van der Waals surface area contributed by atoms with E-state index in [4.69, 9.17) is 9.79 Å². The monoisotopic (exact) mass is 333 g/mol. The van der Waals surface area contributed by atoms with E-state index in [-0.39, 0.29) is 4.80 Å². The molecule has 6 nitrogen and oxygen atoms in total. The Labute approximate surface area is 130 Å². The molecule has 0 saturated heterocycles. The molecule has 0 spiro atoms. The van der Waals surface area contributed by atoms with Crippen LogP contribution in [-0.2, 0) is 4.57 Å². The highest BCUT2D eigenvalue weighted by Crippen LogP contribution is 2.35. The molecule has 0 saturated carbocycles. The first-order chi connectivity index (χ1) is 10.5. The highest BCUT2D eigenvalue weighted by atomic mass is 32.1. The van der Waals surface area contributed by atoms with E-state index in [2.05, 4.69) is 9.75 Å². The second-order valence-corrected chi connectivity index (χ2v) is 6.56. The van der Waals surface area contributed by atoms with Crippen molar-refractivity contribution in [3.63, 3.8) is 0 Å². The molecule has 0 aliphatic rings. The largest absolute Gasteiger partial charge is 0.451 e. The van der Waals surface area contributed by atoms with Gasteiger partial charge in [0.1, 0.15) is 0 Å². The van der Waals surface area contributed by atoms with Gasteiger partial charge in [0.15, 0.2) is 5.82 Å². The fourth-order valence-corrected chi connectivity index (χ4v) is 3.42. The SMILES string of the molecule is O=P(O)(O)/N=c1\nc(-c2ccccc2)n(-c2ccccc2)s1. The Hall–Kier alpha value is -2.05. The molecular weight excluding hydrogens is 321 g/mol. The van der Waals surface area contributed by atoms with Crippen molar-refractivity contribution < 1.29 is 14.4 Å². The van der Waals surface area contributed by atoms with E-state index in [1.54, 1.807) is 3.96 Å². The fourth-order valence-electron chi connectivity index (χ4n) is 1.94. The molecule has 8 heteroatoms. The Morgan fingerprint density at radius 1 is 1.00 bits per heavy atom. The maximum Gasteiger partial charge on any atom is 0.451 e. The summed E-state index contributed by atoms with van der Waals surface area (Å²) >= 11 is 1.08. The zero-order chi connectivity index (χ0) is 15.6. The van der Waals surface area contributed by atoms with Crippen LogP contribution < -0.4 is 4.80 Å². The van der Waals surface area contributed by atoms with Crippen molar-refractivity contribution in [2.45, 2.75) is 0 Å². The third kappa shape index (κ3) is 3.40. The summed E-state index contributed by atoms with van der Waals surface area (Å²) in [6.07, 6.45) is 0. The Kier molecular flexibility index (Phi) is 4.04. The lowest BCUT2D eigenvalue weighted by Gasteiger charge is -2.05. The van der Waals surface area contributed by atoms with Gasteiger partial charge in [0.05, 0.1) is 5.69 Å². The molecule has 0 amide bonds. The molecule has 0 atom stereocenters. The van der Waals surface area contributed by atoms with E-state index in [0.29, 0.717) is 5.82 Å². The van der Waals surface area contributed by atoms with Gasteiger partial charge in [-0.05, 0) is 23.7 Å². The Balaban J connectivity index is 2.24. The van der Waals surface area contributed by atoms with Crippen LogP contribution in [0.25, 0.3) is 17.1 Å². The summed E-state index contributed by atoms with van der Waals surface area (Å²) in [6, 6.07) is 18.9. The van der Waals surface area contributed by atoms with E-state index in [1.165, 1.54) is 0 Å². The third-order valence-electron chi connectivity index (χ3n) is 2.81. The molecule has 0 unspecified atom stereocenters. The Morgan fingerprint density at radius 2 is 1.59 bits per heavy atom. The summed E-state index contributed by atoms with van der Waals surface area (Å²) in [7, 11) is -4.52. The van der Waals surface area contributed by atoms with Gasteiger partial charge in [-0.25, -0.2) is 8.52 Å². The predicted molar refractivity (Wildman–Crippen MR) is 84.5 cm³/mol. The molecule has 3 rings (SSSR count). The first-order valence-corrected chi connectivity index (χ1v) is 8.70. The molecule has 1 heterocycles. The Morgan fingerprint density at radius 3 is 2.18 bits per heavy atom. The van der Waals surface area contributed by atoms with E-state index in [1.807, 2.05) is 60.7 Å². The second kappa shape index (κ2) is 5.98. The summed E-state index contributed by atoms with van der Waals surface area (Å²) in [4.78, 5) is 22.3. The zero-order valence-electron chi connectivity index (χ0n) is 11.3. The van der Waals surface area contributed by atoms with Crippen molar-refractivity contribution in [1.29, 1.82) is 0 Å². The van der Waals surface area contributed by atoms with Gasteiger partial charge in [-0.15, -0.1) is 4.76 Å². The average molecular weight is 333 g/mol. The first kappa shape index (κ1) is 14.9. The van der Waals surface area contributed by atoms with Crippen LogP contribution in [0.4, 0.5) is 0 Å². The summed E-state index contributed by atoms with van der Waals surface area (Å²) in [5, 5.41) is 0. The van der Waals surface area contributed by atoms with Gasteiger partial charge in [-0.3, -0.25) is 0 Å². The van der Waals surface area contributed by atoms with Crippen molar-refractivity contribution in [1.82, 2.24) is 8.94 Å². The summed E-state index contributed by atoms with van der Waals surface area (Å²) in [6.45, 7) is 0. The lowest BCUT2D eigenvalue weighted by Crippen LogP contribution is -1.97. The van der Waals surface area contributed by atoms with Gasteiger partial charge < -0.3 is 9.79 Å². The third-order valence-corrected chi connectivity index (χ3v) is 4.30. The van der Waals surface area contributed by atoms with Crippen LogP contribution >= 0.6 is 19.3 Å². The summed E-state index contributed by atoms with van der Waals surface area (Å²) < 4.78 is 16.3. The van der Waals surface area contributed by atoms with Crippen molar-refractivity contribution in [3.8, 4) is 17.1 Å². The second-order valence-electron chi connectivity index (χ2n) is 4.42. The van der Waals surface area contributed by atoms with Gasteiger partial charge >= 0.3 is 7.75 Å². The molecule has 0 fully saturated rings. The van der Waals surface area contributed by atoms with Crippen molar-refractivity contribution in [2.75, 3.05) is 0 Å². The highest BCUT2D eigenvalue weighted by molar-refractivity contribution is 7.50. The molecule has 2 aromatic carbocycles. The van der Waals surface area contributed by atoms with Crippen molar-refractivity contribution >= 4 is 19.3 Å². The summed E-state index contributed by atoms with van der Waals surface area (Å²) in [5.41, 5.74) is 1.70. The maximum atomic E-state index is 11.1. The smallest absolute Gasteiger partial charge is 0.307 e. The molecule has 0 aliphatic heterocycles. The van der Waals surface area contributed by atoms with Gasteiger partial charge in [0, 0.05) is 5.56 Å². The molecule has 112 valence electrons. The van der Waals surface area contributed by atoms with Crippen LogP contribution in [0.5, 0.6) is 0 Å². The highest BCUT2D eigenvalue weighted by Gasteiger charge is 2.14. The number of benzene rings is 2. The standard InChI is InChI=1S/C14H12N3O3PS/c18-21(19,20)16-14-15-13(11-7-3-1-4-8-11)17(22-14)12-9-5-2-6-10-12/h1-10H,(H2,18,19,20)/b16-14+. The van der Waals surface area contributed by atoms with E-state index in [0.717, 1.165) is 22.8 Å². The molecule has 22 heavy (non-hydrogen) atoms. The first-order valence-electron chi connectivity index (χ1n) is 6.36. The number of aromatic nitrogens is 2. The number of rotatable bonds is 3. The van der Waals surface area contributed by atoms with Gasteiger partial charge in [0.2, 0.25) is 4.80 Å². The normalized spacial score (nSPS) is 12.5. The molecule has 0 aliphatic carbocycles. The quantitative estimate of drug-likeness (QED) is 0.721. The Bertz CT molecular complexity index is 824. The van der Waals surface area contributed by atoms with E-state index >= 15 is 0 Å². The number of hydrogen-bond donors (Lipinski definition) is 2. The van der Waals surface area contributed by atoms with Crippen LogP contribution in [0.2, 0.25) is 0 Å². The summed E-state index contributed by atoms with van der Waals surface area (Å²) in [5.74, 6) is 0.587. The lowest BCUT2D eigenvalue weighted by molar-refractivity contribution is 0.373. The molecular formula is C14H12N3O3PS. The molecule has 2 N–H and O–H groups in total. The van der Waals surface area contributed by atoms with E-state index in [9.17, 15) is 4.57 Å².